The molecule has 0 radical (unpaired) electrons. The van der Waals surface area contributed by atoms with Crippen LogP contribution in [-0.2, 0) is 0 Å². The zero-order valence-corrected chi connectivity index (χ0v) is 8.65. The number of rotatable bonds is 3. The Morgan fingerprint density at radius 3 is 2.69 bits per heavy atom. The van der Waals surface area contributed by atoms with Crippen molar-refractivity contribution >= 4 is 17.5 Å². The van der Waals surface area contributed by atoms with Gasteiger partial charge in [0.2, 0.25) is 0 Å². The molecule has 1 aromatic rings. The van der Waals surface area contributed by atoms with Crippen molar-refractivity contribution in [3.63, 3.8) is 0 Å². The minimum atomic E-state index is 0.0243. The molecule has 68 valence electrons. The van der Waals surface area contributed by atoms with Crippen molar-refractivity contribution in [2.24, 2.45) is 0 Å². The highest BCUT2D eigenvalue weighted by Gasteiger charge is 2.08. The van der Waals surface area contributed by atoms with E-state index >= 15 is 0 Å². The third-order valence-corrected chi connectivity index (χ3v) is 2.46. The number of ketones is 1. The van der Waals surface area contributed by atoms with Gasteiger partial charge in [0.15, 0.2) is 5.78 Å². The Kier molecular flexibility index (Phi) is 3.32. The molecule has 0 aliphatic carbocycles. The summed E-state index contributed by atoms with van der Waals surface area (Å²) in [5.74, 6) is 0.0243. The predicted octanol–water partition coefficient (Wildman–Crippen LogP) is 3.05. The van der Waals surface area contributed by atoms with E-state index in [1.54, 1.807) is 0 Å². The van der Waals surface area contributed by atoms with E-state index in [1.807, 2.05) is 37.4 Å². The zero-order valence-electron chi connectivity index (χ0n) is 7.83. The quantitative estimate of drug-likeness (QED) is 0.541. The van der Waals surface area contributed by atoms with Gasteiger partial charge in [0.25, 0.3) is 0 Å². The lowest BCUT2D eigenvalue weighted by molar-refractivity contribution is 0.104. The van der Waals surface area contributed by atoms with Crippen LogP contribution in [-0.4, -0.2) is 12.0 Å². The van der Waals surface area contributed by atoms with Crippen molar-refractivity contribution < 1.29 is 4.79 Å². The molecule has 0 fully saturated rings. The highest BCUT2D eigenvalue weighted by molar-refractivity contribution is 8.03. The number of allylic oxidation sites excluding steroid dienone is 1. The van der Waals surface area contributed by atoms with Crippen LogP contribution in [0, 0.1) is 6.92 Å². The Labute approximate surface area is 82.9 Å². The molecule has 0 bridgehead atoms. The molecule has 0 aromatic heterocycles. The molecule has 0 heterocycles. The SMILES string of the molecule is C=C(SC)C(=O)c1cccc(C)c1. The van der Waals surface area contributed by atoms with Crippen molar-refractivity contribution in [3.05, 3.63) is 46.9 Å². The lowest BCUT2D eigenvalue weighted by Crippen LogP contribution is -1.99. The molecule has 0 saturated heterocycles. The van der Waals surface area contributed by atoms with E-state index in [0.717, 1.165) is 11.1 Å². The molecule has 0 aliphatic heterocycles. The fourth-order valence-electron chi connectivity index (χ4n) is 1.04. The second-order valence-corrected chi connectivity index (χ2v) is 3.73. The number of benzene rings is 1. The fourth-order valence-corrected chi connectivity index (χ4v) is 1.34. The van der Waals surface area contributed by atoms with Gasteiger partial charge in [-0.15, -0.1) is 11.8 Å². The highest BCUT2D eigenvalue weighted by atomic mass is 32.2. The van der Waals surface area contributed by atoms with Crippen LogP contribution in [0.4, 0.5) is 0 Å². The number of hydrogen-bond acceptors (Lipinski definition) is 2. The van der Waals surface area contributed by atoms with E-state index in [4.69, 9.17) is 0 Å². The van der Waals surface area contributed by atoms with E-state index in [-0.39, 0.29) is 5.78 Å². The number of hydrogen-bond donors (Lipinski definition) is 0. The van der Waals surface area contributed by atoms with Gasteiger partial charge in [0.05, 0.1) is 0 Å². The third-order valence-electron chi connectivity index (χ3n) is 1.78. The minimum Gasteiger partial charge on any atom is -0.288 e. The van der Waals surface area contributed by atoms with Crippen LogP contribution in [0.2, 0.25) is 0 Å². The van der Waals surface area contributed by atoms with E-state index in [9.17, 15) is 4.79 Å². The molecule has 1 rings (SSSR count). The molecule has 1 nitrogen and oxygen atoms in total. The number of carbonyl (C=O) groups excluding carboxylic acids is 1. The molecule has 0 spiro atoms. The largest absolute Gasteiger partial charge is 0.288 e. The van der Waals surface area contributed by atoms with Gasteiger partial charge in [-0.1, -0.05) is 30.3 Å². The predicted molar refractivity (Wildman–Crippen MR) is 58.2 cm³/mol. The van der Waals surface area contributed by atoms with Gasteiger partial charge < -0.3 is 0 Å². The number of carbonyl (C=O) groups is 1. The molecule has 0 atom stereocenters. The molecular weight excluding hydrogens is 180 g/mol. The normalized spacial score (nSPS) is 9.69. The molecular formula is C11H12OS. The standard InChI is InChI=1S/C11H12OS/c1-8-5-4-6-10(7-8)11(12)9(2)13-3/h4-7H,2H2,1,3H3. The van der Waals surface area contributed by atoms with Crippen molar-refractivity contribution in [2.75, 3.05) is 6.26 Å². The number of aryl methyl sites for hydroxylation is 1. The van der Waals surface area contributed by atoms with Crippen molar-refractivity contribution in [2.45, 2.75) is 6.92 Å². The molecule has 1 aromatic carbocycles. The Morgan fingerprint density at radius 1 is 1.46 bits per heavy atom. The van der Waals surface area contributed by atoms with Gasteiger partial charge in [0, 0.05) is 10.5 Å². The smallest absolute Gasteiger partial charge is 0.198 e. The Hall–Kier alpha value is -1.02. The molecule has 0 unspecified atom stereocenters. The minimum absolute atomic E-state index is 0.0243. The molecule has 0 aliphatic rings. The van der Waals surface area contributed by atoms with Crippen molar-refractivity contribution in [1.29, 1.82) is 0 Å². The summed E-state index contributed by atoms with van der Waals surface area (Å²) in [6.07, 6.45) is 1.86. The fraction of sp³-hybridized carbons (Fsp3) is 0.182. The van der Waals surface area contributed by atoms with Gasteiger partial charge in [-0.05, 0) is 19.2 Å². The third kappa shape index (κ3) is 2.46. The van der Waals surface area contributed by atoms with Gasteiger partial charge in [-0.3, -0.25) is 4.79 Å². The van der Waals surface area contributed by atoms with Crippen molar-refractivity contribution in [1.82, 2.24) is 0 Å². The van der Waals surface area contributed by atoms with E-state index in [1.165, 1.54) is 11.8 Å². The Bertz CT molecular complexity index is 342. The lowest BCUT2D eigenvalue weighted by atomic mass is 10.1. The van der Waals surface area contributed by atoms with Gasteiger partial charge in [0.1, 0.15) is 0 Å². The summed E-state index contributed by atoms with van der Waals surface area (Å²) in [7, 11) is 0. The van der Waals surface area contributed by atoms with Gasteiger partial charge in [-0.25, -0.2) is 0 Å². The number of Topliss-reactive ketones (excluding diaryl/α,β-unsaturated/α-hetero) is 1. The first-order valence-corrected chi connectivity index (χ1v) is 5.22. The molecule has 0 N–H and O–H groups in total. The van der Waals surface area contributed by atoms with Crippen LogP contribution in [0.5, 0.6) is 0 Å². The van der Waals surface area contributed by atoms with Crippen LogP contribution in [0.25, 0.3) is 0 Å². The van der Waals surface area contributed by atoms with Crippen molar-refractivity contribution in [3.8, 4) is 0 Å². The topological polar surface area (TPSA) is 17.1 Å². The van der Waals surface area contributed by atoms with E-state index < -0.39 is 0 Å². The Balaban J connectivity index is 2.95. The first kappa shape index (κ1) is 10.1. The lowest BCUT2D eigenvalue weighted by Gasteiger charge is -2.01. The average molecular weight is 192 g/mol. The first-order chi connectivity index (χ1) is 6.15. The molecule has 0 saturated carbocycles. The van der Waals surface area contributed by atoms with Gasteiger partial charge >= 0.3 is 0 Å². The maximum atomic E-state index is 11.6. The Morgan fingerprint density at radius 2 is 2.15 bits per heavy atom. The van der Waals surface area contributed by atoms with Crippen LogP contribution in [0.1, 0.15) is 15.9 Å². The number of thioether (sulfide) groups is 1. The summed E-state index contributed by atoms with van der Waals surface area (Å²) in [5, 5.41) is 0. The summed E-state index contributed by atoms with van der Waals surface area (Å²) >= 11 is 1.39. The zero-order chi connectivity index (χ0) is 9.84. The summed E-state index contributed by atoms with van der Waals surface area (Å²) < 4.78 is 0. The highest BCUT2D eigenvalue weighted by Crippen LogP contribution is 2.16. The molecule has 13 heavy (non-hydrogen) atoms. The molecule has 0 amide bonds. The monoisotopic (exact) mass is 192 g/mol. The summed E-state index contributed by atoms with van der Waals surface area (Å²) in [5.41, 5.74) is 1.82. The molecule has 2 heteroatoms. The van der Waals surface area contributed by atoms with Crippen LogP contribution in [0.3, 0.4) is 0 Å². The van der Waals surface area contributed by atoms with Crippen LogP contribution >= 0.6 is 11.8 Å². The average Bonchev–Trinajstić information content (AvgIpc) is 2.15. The summed E-state index contributed by atoms with van der Waals surface area (Å²) in [6.45, 7) is 5.66. The van der Waals surface area contributed by atoms with Gasteiger partial charge in [-0.2, -0.15) is 0 Å². The van der Waals surface area contributed by atoms with Crippen LogP contribution in [0.15, 0.2) is 35.7 Å². The second kappa shape index (κ2) is 4.28. The maximum Gasteiger partial charge on any atom is 0.198 e. The maximum absolute atomic E-state index is 11.6. The van der Waals surface area contributed by atoms with E-state index in [0.29, 0.717) is 4.91 Å². The second-order valence-electron chi connectivity index (χ2n) is 2.83. The van der Waals surface area contributed by atoms with Crippen LogP contribution < -0.4 is 0 Å². The first-order valence-electron chi connectivity index (χ1n) is 3.99. The van der Waals surface area contributed by atoms with E-state index in [2.05, 4.69) is 6.58 Å². The summed E-state index contributed by atoms with van der Waals surface area (Å²) in [6, 6.07) is 7.55. The summed E-state index contributed by atoms with van der Waals surface area (Å²) in [4.78, 5) is 12.2.